The molecule has 1 aromatic rings. The van der Waals surface area contributed by atoms with Gasteiger partial charge in [-0.3, -0.25) is 0 Å². The molecule has 0 amide bonds. The Labute approximate surface area is 98.6 Å². The summed E-state index contributed by atoms with van der Waals surface area (Å²) in [4.78, 5) is 0. The van der Waals surface area contributed by atoms with Crippen LogP contribution in [-0.4, -0.2) is 5.11 Å². The second-order valence-electron chi connectivity index (χ2n) is 4.28. The van der Waals surface area contributed by atoms with E-state index in [0.29, 0.717) is 11.7 Å². The van der Waals surface area contributed by atoms with E-state index in [9.17, 15) is 5.11 Å². The first-order valence-corrected chi connectivity index (χ1v) is 6.22. The van der Waals surface area contributed by atoms with E-state index in [1.54, 1.807) is 12.1 Å². The molecule has 1 aliphatic rings. The van der Waals surface area contributed by atoms with Gasteiger partial charge in [0.1, 0.15) is 5.75 Å². The lowest BCUT2D eigenvalue weighted by molar-refractivity contribution is 0.437. The number of aromatic hydroxyl groups is 1. The topological polar surface area (TPSA) is 46.2 Å². The summed E-state index contributed by atoms with van der Waals surface area (Å²) in [6.07, 6.45) is 5.00. The predicted octanol–water partition coefficient (Wildman–Crippen LogP) is 3.34. The van der Waals surface area contributed by atoms with Gasteiger partial charge in [0.25, 0.3) is 0 Å². The normalized spacial score (nSPS) is 19.3. The van der Waals surface area contributed by atoms with Gasteiger partial charge in [-0.1, -0.05) is 28.8 Å². The van der Waals surface area contributed by atoms with Gasteiger partial charge < -0.3 is 10.8 Å². The van der Waals surface area contributed by atoms with Crippen LogP contribution in [0.5, 0.6) is 5.75 Å². The lowest BCUT2D eigenvalue weighted by Gasteiger charge is -2.20. The van der Waals surface area contributed by atoms with Crippen LogP contribution in [0.15, 0.2) is 22.7 Å². The van der Waals surface area contributed by atoms with Crippen molar-refractivity contribution in [2.24, 2.45) is 11.7 Å². The summed E-state index contributed by atoms with van der Waals surface area (Å²) in [5.74, 6) is 0.866. The molecule has 2 rings (SSSR count). The summed E-state index contributed by atoms with van der Waals surface area (Å²) in [6, 6.07) is 5.36. The van der Waals surface area contributed by atoms with Gasteiger partial charge in [-0.05, 0) is 42.5 Å². The molecule has 3 heteroatoms. The van der Waals surface area contributed by atoms with Crippen molar-refractivity contribution in [2.45, 2.75) is 31.7 Å². The smallest absolute Gasteiger partial charge is 0.115 e. The van der Waals surface area contributed by atoms with E-state index in [0.717, 1.165) is 10.0 Å². The van der Waals surface area contributed by atoms with Gasteiger partial charge in [0.2, 0.25) is 0 Å². The highest BCUT2D eigenvalue weighted by Crippen LogP contribution is 2.37. The predicted molar refractivity (Wildman–Crippen MR) is 64.7 cm³/mol. The number of phenols is 1. The minimum absolute atomic E-state index is 0.0500. The molecule has 0 unspecified atom stereocenters. The first-order chi connectivity index (χ1) is 7.18. The second-order valence-corrected chi connectivity index (χ2v) is 5.13. The highest BCUT2D eigenvalue weighted by molar-refractivity contribution is 9.10. The molecule has 2 nitrogen and oxygen atoms in total. The van der Waals surface area contributed by atoms with E-state index in [2.05, 4.69) is 15.9 Å². The molecule has 1 aromatic carbocycles. The van der Waals surface area contributed by atoms with Crippen molar-refractivity contribution in [3.63, 3.8) is 0 Å². The lowest BCUT2D eigenvalue weighted by atomic mass is 9.92. The number of benzene rings is 1. The van der Waals surface area contributed by atoms with Gasteiger partial charge in [0.05, 0.1) is 0 Å². The molecular weight excluding hydrogens is 254 g/mol. The number of phenolic OH excluding ortho intramolecular Hbond substituents is 1. The van der Waals surface area contributed by atoms with E-state index in [4.69, 9.17) is 5.73 Å². The third kappa shape index (κ3) is 2.34. The maximum Gasteiger partial charge on any atom is 0.115 e. The minimum atomic E-state index is 0.0500. The fourth-order valence-corrected chi connectivity index (χ4v) is 2.87. The maximum absolute atomic E-state index is 9.45. The molecule has 1 fully saturated rings. The summed E-state index contributed by atoms with van der Waals surface area (Å²) < 4.78 is 1.000. The second kappa shape index (κ2) is 4.54. The van der Waals surface area contributed by atoms with Gasteiger partial charge in [-0.25, -0.2) is 0 Å². The zero-order valence-corrected chi connectivity index (χ0v) is 10.2. The fourth-order valence-electron chi connectivity index (χ4n) is 2.36. The number of halogens is 1. The summed E-state index contributed by atoms with van der Waals surface area (Å²) in [7, 11) is 0. The Balaban J connectivity index is 2.23. The lowest BCUT2D eigenvalue weighted by Crippen LogP contribution is -2.19. The Bertz CT molecular complexity index is 347. The summed E-state index contributed by atoms with van der Waals surface area (Å²) in [5, 5.41) is 9.45. The Morgan fingerprint density at radius 1 is 1.33 bits per heavy atom. The van der Waals surface area contributed by atoms with Gasteiger partial charge in [0.15, 0.2) is 0 Å². The number of nitrogens with two attached hydrogens (primary N) is 1. The number of hydrogen-bond donors (Lipinski definition) is 2. The van der Waals surface area contributed by atoms with E-state index in [1.165, 1.54) is 25.7 Å². The summed E-state index contributed by atoms with van der Waals surface area (Å²) >= 11 is 3.49. The van der Waals surface area contributed by atoms with E-state index >= 15 is 0 Å². The molecule has 0 spiro atoms. The van der Waals surface area contributed by atoms with Crippen molar-refractivity contribution in [1.82, 2.24) is 0 Å². The summed E-state index contributed by atoms with van der Waals surface area (Å²) in [6.45, 7) is 0. The standard InChI is InChI=1S/C12H16BrNO/c13-11-6-5-9(15)7-10(11)12(14)8-3-1-2-4-8/h5-8,12,15H,1-4,14H2/t12-/m0/s1. The minimum Gasteiger partial charge on any atom is -0.508 e. The first kappa shape index (κ1) is 11.0. The highest BCUT2D eigenvalue weighted by Gasteiger charge is 2.24. The van der Waals surface area contributed by atoms with Crippen LogP contribution >= 0.6 is 15.9 Å². The molecule has 0 aromatic heterocycles. The Morgan fingerprint density at radius 2 is 2.00 bits per heavy atom. The van der Waals surface area contributed by atoms with Gasteiger partial charge in [-0.2, -0.15) is 0 Å². The molecular formula is C12H16BrNO. The molecule has 3 N–H and O–H groups in total. The molecule has 1 atom stereocenters. The zero-order chi connectivity index (χ0) is 10.8. The van der Waals surface area contributed by atoms with Crippen molar-refractivity contribution < 1.29 is 5.11 Å². The van der Waals surface area contributed by atoms with Crippen molar-refractivity contribution in [1.29, 1.82) is 0 Å². The SMILES string of the molecule is N[C@H](c1cc(O)ccc1Br)C1CCCC1. The fraction of sp³-hybridized carbons (Fsp3) is 0.500. The monoisotopic (exact) mass is 269 g/mol. The van der Waals surface area contributed by atoms with Crippen molar-refractivity contribution in [2.75, 3.05) is 0 Å². The molecule has 0 radical (unpaired) electrons. The number of hydrogen-bond acceptors (Lipinski definition) is 2. The van der Waals surface area contributed by atoms with Crippen LogP contribution in [0, 0.1) is 5.92 Å². The van der Waals surface area contributed by atoms with Crippen molar-refractivity contribution in [3.05, 3.63) is 28.2 Å². The van der Waals surface area contributed by atoms with Crippen LogP contribution in [-0.2, 0) is 0 Å². The third-order valence-electron chi connectivity index (χ3n) is 3.25. The van der Waals surface area contributed by atoms with Crippen LogP contribution in [0.4, 0.5) is 0 Å². The van der Waals surface area contributed by atoms with Crippen LogP contribution in [0.1, 0.15) is 37.3 Å². The highest BCUT2D eigenvalue weighted by atomic mass is 79.9. The molecule has 15 heavy (non-hydrogen) atoms. The van der Waals surface area contributed by atoms with Gasteiger partial charge >= 0.3 is 0 Å². The van der Waals surface area contributed by atoms with Crippen molar-refractivity contribution >= 4 is 15.9 Å². The average molecular weight is 270 g/mol. The molecule has 1 saturated carbocycles. The molecule has 0 saturated heterocycles. The molecule has 1 aliphatic carbocycles. The van der Waals surface area contributed by atoms with Gasteiger partial charge in [-0.15, -0.1) is 0 Å². The molecule has 0 aliphatic heterocycles. The Hall–Kier alpha value is -0.540. The zero-order valence-electron chi connectivity index (χ0n) is 8.62. The maximum atomic E-state index is 9.45. The van der Waals surface area contributed by atoms with Crippen LogP contribution in [0.25, 0.3) is 0 Å². The average Bonchev–Trinajstić information content (AvgIpc) is 2.74. The largest absolute Gasteiger partial charge is 0.508 e. The van der Waals surface area contributed by atoms with Crippen LogP contribution in [0.2, 0.25) is 0 Å². The quantitative estimate of drug-likeness (QED) is 0.865. The first-order valence-electron chi connectivity index (χ1n) is 5.42. The van der Waals surface area contributed by atoms with Crippen LogP contribution < -0.4 is 5.73 Å². The molecule has 0 heterocycles. The van der Waals surface area contributed by atoms with Gasteiger partial charge in [0, 0.05) is 10.5 Å². The molecule has 82 valence electrons. The van der Waals surface area contributed by atoms with E-state index in [-0.39, 0.29) is 6.04 Å². The number of rotatable bonds is 2. The van der Waals surface area contributed by atoms with Crippen LogP contribution in [0.3, 0.4) is 0 Å². The summed E-state index contributed by atoms with van der Waals surface area (Å²) in [5.41, 5.74) is 7.26. The Kier molecular flexibility index (Phi) is 3.32. The molecule has 0 bridgehead atoms. The van der Waals surface area contributed by atoms with E-state index in [1.807, 2.05) is 6.07 Å². The van der Waals surface area contributed by atoms with Crippen molar-refractivity contribution in [3.8, 4) is 5.75 Å². The third-order valence-corrected chi connectivity index (χ3v) is 3.97. The Morgan fingerprint density at radius 3 is 2.67 bits per heavy atom. The van der Waals surface area contributed by atoms with E-state index < -0.39 is 0 Å².